The highest BCUT2D eigenvalue weighted by Crippen LogP contribution is 2.21. The Kier molecular flexibility index (Phi) is 3.36. The summed E-state index contributed by atoms with van der Waals surface area (Å²) < 4.78 is 0.995. The number of nitrogens with zero attached hydrogens (tertiary/aromatic N) is 1. The first-order valence-electron chi connectivity index (χ1n) is 5.53. The number of hydrogen-bond acceptors (Lipinski definition) is 3. The Bertz CT molecular complexity index is 611. The number of halogens is 1. The Morgan fingerprint density at radius 2 is 1.89 bits per heavy atom. The summed E-state index contributed by atoms with van der Waals surface area (Å²) in [4.78, 5) is 11.7. The highest BCUT2D eigenvalue weighted by atomic mass is 79.9. The topological polar surface area (TPSA) is 71.8 Å². The Labute approximate surface area is 113 Å². The highest BCUT2D eigenvalue weighted by molar-refractivity contribution is 9.10. The maximum Gasteiger partial charge on any atom is 0.269 e. The second-order valence-corrected chi connectivity index (χ2v) is 5.64. The van der Waals surface area contributed by atoms with Gasteiger partial charge in [-0.05, 0) is 32.0 Å². The van der Waals surface area contributed by atoms with Gasteiger partial charge >= 0.3 is 0 Å². The summed E-state index contributed by atoms with van der Waals surface area (Å²) in [6.45, 7) is 3.59. The van der Waals surface area contributed by atoms with Crippen molar-refractivity contribution in [2.45, 2.75) is 19.4 Å². The lowest BCUT2D eigenvalue weighted by Gasteiger charge is -2.18. The molecule has 5 heteroatoms. The number of benzene rings is 1. The minimum Gasteiger partial charge on any atom is -0.322 e. The Balaban J connectivity index is 2.54. The molecule has 3 N–H and O–H groups in total. The summed E-state index contributed by atoms with van der Waals surface area (Å²) in [5, 5.41) is 6.53. The van der Waals surface area contributed by atoms with E-state index in [4.69, 9.17) is 5.73 Å². The van der Waals surface area contributed by atoms with Gasteiger partial charge in [-0.25, -0.2) is 5.10 Å². The van der Waals surface area contributed by atoms with Crippen LogP contribution in [0.1, 0.15) is 19.4 Å². The number of aromatic nitrogens is 2. The molecule has 18 heavy (non-hydrogen) atoms. The van der Waals surface area contributed by atoms with E-state index in [1.54, 1.807) is 19.9 Å². The number of hydrogen-bond donors (Lipinski definition) is 2. The summed E-state index contributed by atoms with van der Waals surface area (Å²) in [6, 6.07) is 9.45. The smallest absolute Gasteiger partial charge is 0.269 e. The summed E-state index contributed by atoms with van der Waals surface area (Å²) in [5.41, 5.74) is 7.19. The minimum atomic E-state index is -0.694. The van der Waals surface area contributed by atoms with Crippen LogP contribution in [0.5, 0.6) is 0 Å². The molecule has 0 saturated heterocycles. The van der Waals surface area contributed by atoms with Crippen molar-refractivity contribution >= 4 is 15.9 Å². The van der Waals surface area contributed by atoms with Gasteiger partial charge < -0.3 is 5.73 Å². The van der Waals surface area contributed by atoms with Gasteiger partial charge in [0, 0.05) is 21.1 Å². The summed E-state index contributed by atoms with van der Waals surface area (Å²) >= 11 is 3.38. The molecule has 0 saturated carbocycles. The molecule has 0 aliphatic carbocycles. The highest BCUT2D eigenvalue weighted by Gasteiger charge is 2.19. The van der Waals surface area contributed by atoms with Gasteiger partial charge in [0.2, 0.25) is 0 Å². The van der Waals surface area contributed by atoms with Gasteiger partial charge in [0.05, 0.1) is 5.69 Å². The van der Waals surface area contributed by atoms with Crippen LogP contribution >= 0.6 is 15.9 Å². The minimum absolute atomic E-state index is 0.247. The van der Waals surface area contributed by atoms with Gasteiger partial charge in [-0.2, -0.15) is 5.10 Å². The van der Waals surface area contributed by atoms with E-state index >= 15 is 0 Å². The van der Waals surface area contributed by atoms with Crippen LogP contribution in [0.2, 0.25) is 0 Å². The zero-order valence-corrected chi connectivity index (χ0v) is 11.8. The molecule has 1 heterocycles. The zero-order chi connectivity index (χ0) is 13.3. The number of nitrogens with one attached hydrogen (secondary N) is 1. The lowest BCUT2D eigenvalue weighted by atomic mass is 9.96. The van der Waals surface area contributed by atoms with Crippen molar-refractivity contribution in [1.29, 1.82) is 0 Å². The molecule has 0 fully saturated rings. The molecule has 0 radical (unpaired) electrons. The maximum absolute atomic E-state index is 11.7. The largest absolute Gasteiger partial charge is 0.322 e. The van der Waals surface area contributed by atoms with Crippen molar-refractivity contribution < 1.29 is 0 Å². The van der Waals surface area contributed by atoms with E-state index in [0.29, 0.717) is 11.3 Å². The van der Waals surface area contributed by atoms with Crippen LogP contribution in [0.4, 0.5) is 0 Å². The van der Waals surface area contributed by atoms with Gasteiger partial charge in [-0.1, -0.05) is 28.1 Å². The molecule has 0 spiro atoms. The third-order valence-electron chi connectivity index (χ3n) is 2.64. The van der Waals surface area contributed by atoms with Crippen LogP contribution in [0, 0.1) is 0 Å². The average Bonchev–Trinajstić information content (AvgIpc) is 2.29. The normalized spacial score (nSPS) is 11.6. The fourth-order valence-corrected chi connectivity index (χ4v) is 1.92. The summed E-state index contributed by atoms with van der Waals surface area (Å²) in [7, 11) is 0. The molecular weight excluding hydrogens is 294 g/mol. The fourth-order valence-electron chi connectivity index (χ4n) is 1.65. The molecule has 94 valence electrons. The fraction of sp³-hybridized carbons (Fsp3) is 0.231. The second-order valence-electron chi connectivity index (χ2n) is 4.72. The van der Waals surface area contributed by atoms with Crippen LogP contribution in [0.3, 0.4) is 0 Å². The molecule has 0 aliphatic rings. The maximum atomic E-state index is 11.7. The molecule has 2 rings (SSSR count). The first kappa shape index (κ1) is 13.0. The molecule has 0 aliphatic heterocycles. The van der Waals surface area contributed by atoms with Crippen LogP contribution < -0.4 is 11.3 Å². The lowest BCUT2D eigenvalue weighted by Crippen LogP contribution is -2.35. The average molecular weight is 308 g/mol. The number of aromatic amines is 1. The van der Waals surface area contributed by atoms with Crippen molar-refractivity contribution in [2.24, 2.45) is 5.73 Å². The number of nitrogens with two attached hydrogens (primary N) is 1. The SMILES string of the molecule is CC(C)(N)c1cc(-c2ccc(Br)cc2)n[nH]c1=O. The van der Waals surface area contributed by atoms with Gasteiger partial charge in [-0.3, -0.25) is 4.79 Å². The third kappa shape index (κ3) is 2.68. The van der Waals surface area contributed by atoms with Gasteiger partial charge in [0.15, 0.2) is 0 Å². The standard InChI is InChI=1S/C13H14BrN3O/c1-13(2,15)10-7-11(16-17-12(10)18)8-3-5-9(14)6-4-8/h3-7H,15H2,1-2H3,(H,17,18). The molecule has 0 bridgehead atoms. The molecule has 2 aromatic rings. The van der Waals surface area contributed by atoms with Gasteiger partial charge in [0.25, 0.3) is 5.56 Å². The van der Waals surface area contributed by atoms with Gasteiger partial charge in [-0.15, -0.1) is 0 Å². The van der Waals surface area contributed by atoms with E-state index in [-0.39, 0.29) is 5.56 Å². The molecule has 0 amide bonds. The molecular formula is C13H14BrN3O. The van der Waals surface area contributed by atoms with Crippen molar-refractivity contribution in [3.8, 4) is 11.3 Å². The third-order valence-corrected chi connectivity index (χ3v) is 3.17. The number of H-pyrrole nitrogens is 1. The van der Waals surface area contributed by atoms with Crippen molar-refractivity contribution in [1.82, 2.24) is 10.2 Å². The monoisotopic (exact) mass is 307 g/mol. The van der Waals surface area contributed by atoms with Gasteiger partial charge in [0.1, 0.15) is 0 Å². The van der Waals surface area contributed by atoms with E-state index in [1.807, 2.05) is 24.3 Å². The van der Waals surface area contributed by atoms with E-state index in [0.717, 1.165) is 10.0 Å². The number of rotatable bonds is 2. The van der Waals surface area contributed by atoms with Crippen LogP contribution in [0.15, 0.2) is 39.6 Å². The quantitative estimate of drug-likeness (QED) is 0.895. The molecule has 4 nitrogen and oxygen atoms in total. The molecule has 1 aromatic carbocycles. The van der Waals surface area contributed by atoms with Crippen molar-refractivity contribution in [3.63, 3.8) is 0 Å². The van der Waals surface area contributed by atoms with Crippen molar-refractivity contribution in [3.05, 3.63) is 50.7 Å². The van der Waals surface area contributed by atoms with Crippen LogP contribution in [0.25, 0.3) is 11.3 Å². The molecule has 0 atom stereocenters. The first-order valence-corrected chi connectivity index (χ1v) is 6.32. The lowest BCUT2D eigenvalue weighted by molar-refractivity contribution is 0.544. The predicted molar refractivity (Wildman–Crippen MR) is 75.2 cm³/mol. The van der Waals surface area contributed by atoms with E-state index in [2.05, 4.69) is 26.1 Å². The van der Waals surface area contributed by atoms with Crippen LogP contribution in [-0.2, 0) is 5.54 Å². The Hall–Kier alpha value is -1.46. The molecule has 0 unspecified atom stereocenters. The zero-order valence-electron chi connectivity index (χ0n) is 10.2. The van der Waals surface area contributed by atoms with E-state index in [9.17, 15) is 4.79 Å². The van der Waals surface area contributed by atoms with Crippen molar-refractivity contribution in [2.75, 3.05) is 0 Å². The predicted octanol–water partition coefficient (Wildman–Crippen LogP) is 2.39. The summed E-state index contributed by atoms with van der Waals surface area (Å²) in [5.74, 6) is 0. The second kappa shape index (κ2) is 4.66. The summed E-state index contributed by atoms with van der Waals surface area (Å²) in [6.07, 6.45) is 0. The Morgan fingerprint density at radius 3 is 2.44 bits per heavy atom. The molecule has 1 aromatic heterocycles. The van der Waals surface area contributed by atoms with Crippen LogP contribution in [-0.4, -0.2) is 10.2 Å². The van der Waals surface area contributed by atoms with E-state index < -0.39 is 5.54 Å². The van der Waals surface area contributed by atoms with E-state index in [1.165, 1.54) is 0 Å². The Morgan fingerprint density at radius 1 is 1.28 bits per heavy atom. The first-order chi connectivity index (χ1) is 8.38.